The highest BCUT2D eigenvalue weighted by molar-refractivity contribution is 8.00. The lowest BCUT2D eigenvalue weighted by Gasteiger charge is -2.04. The first-order valence-electron chi connectivity index (χ1n) is 4.56. The molecule has 0 saturated carbocycles. The van der Waals surface area contributed by atoms with Crippen LogP contribution in [0.3, 0.4) is 0 Å². The number of halogens is 1. The Hall–Kier alpha value is -1.96. The maximum atomic E-state index is 13.0. The summed E-state index contributed by atoms with van der Waals surface area (Å²) in [5, 5.41) is 19.2. The number of tetrazole rings is 1. The Morgan fingerprint density at radius 1 is 1.41 bits per heavy atom. The predicted octanol–water partition coefficient (Wildman–Crippen LogP) is 1.13. The van der Waals surface area contributed by atoms with E-state index >= 15 is 0 Å². The number of benzene rings is 1. The van der Waals surface area contributed by atoms with Crippen LogP contribution < -0.4 is 0 Å². The SMILES string of the molecule is O=C(O)C(F)Sc1nnnn1-c1ccccc1. The molecule has 0 amide bonds. The number of carboxylic acids is 1. The molecule has 6 nitrogen and oxygen atoms in total. The van der Waals surface area contributed by atoms with Gasteiger partial charge in [0.15, 0.2) is 0 Å². The zero-order chi connectivity index (χ0) is 12.3. The van der Waals surface area contributed by atoms with Gasteiger partial charge in [-0.25, -0.2) is 9.18 Å². The van der Waals surface area contributed by atoms with Gasteiger partial charge in [-0.05, 0) is 34.3 Å². The van der Waals surface area contributed by atoms with Crippen molar-refractivity contribution in [1.82, 2.24) is 20.2 Å². The van der Waals surface area contributed by atoms with Crippen molar-refractivity contribution < 1.29 is 14.3 Å². The summed E-state index contributed by atoms with van der Waals surface area (Å²) >= 11 is 0.440. The third-order valence-corrected chi connectivity index (χ3v) is 2.72. The molecular weight excluding hydrogens is 247 g/mol. The Morgan fingerprint density at radius 3 is 2.76 bits per heavy atom. The minimum Gasteiger partial charge on any atom is -0.478 e. The average Bonchev–Trinajstić information content (AvgIpc) is 2.78. The van der Waals surface area contributed by atoms with Crippen LogP contribution in [0.15, 0.2) is 35.5 Å². The molecule has 0 fully saturated rings. The number of para-hydroxylation sites is 1. The molecule has 0 bridgehead atoms. The fourth-order valence-corrected chi connectivity index (χ4v) is 1.74. The normalized spacial score (nSPS) is 12.3. The van der Waals surface area contributed by atoms with E-state index in [4.69, 9.17) is 5.11 Å². The highest BCUT2D eigenvalue weighted by Gasteiger charge is 2.21. The molecule has 0 radical (unpaired) electrons. The Morgan fingerprint density at radius 2 is 2.12 bits per heavy atom. The molecule has 0 aliphatic heterocycles. The van der Waals surface area contributed by atoms with Gasteiger partial charge in [0.1, 0.15) is 0 Å². The molecule has 2 rings (SSSR count). The van der Waals surface area contributed by atoms with Crippen LogP contribution in [0, 0.1) is 0 Å². The summed E-state index contributed by atoms with van der Waals surface area (Å²) in [5.74, 6) is -1.56. The molecule has 0 aliphatic carbocycles. The molecule has 1 heterocycles. The number of carbonyl (C=O) groups is 1. The van der Waals surface area contributed by atoms with Gasteiger partial charge in [0.25, 0.3) is 0 Å². The molecule has 0 aliphatic rings. The van der Waals surface area contributed by atoms with Crippen LogP contribution in [-0.4, -0.2) is 36.8 Å². The third-order valence-electron chi connectivity index (χ3n) is 1.84. The van der Waals surface area contributed by atoms with Gasteiger partial charge in [-0.3, -0.25) is 0 Å². The van der Waals surface area contributed by atoms with E-state index in [1.54, 1.807) is 24.3 Å². The van der Waals surface area contributed by atoms with E-state index in [0.717, 1.165) is 0 Å². The Labute approximate surface area is 99.4 Å². The number of carboxylic acid groups (broad SMARTS) is 1. The van der Waals surface area contributed by atoms with Crippen molar-refractivity contribution in [3.8, 4) is 5.69 Å². The standard InChI is InChI=1S/C9H7FN4O2S/c10-7(8(15)16)17-9-11-12-13-14(9)6-4-2-1-3-5-6/h1-5,7H,(H,15,16). The quantitative estimate of drug-likeness (QED) is 0.824. The van der Waals surface area contributed by atoms with E-state index in [1.807, 2.05) is 6.07 Å². The van der Waals surface area contributed by atoms with Crippen molar-refractivity contribution in [2.24, 2.45) is 0 Å². The van der Waals surface area contributed by atoms with Crippen LogP contribution >= 0.6 is 11.8 Å². The van der Waals surface area contributed by atoms with Crippen molar-refractivity contribution in [2.45, 2.75) is 10.7 Å². The van der Waals surface area contributed by atoms with Crippen LogP contribution in [0.4, 0.5) is 4.39 Å². The van der Waals surface area contributed by atoms with Crippen molar-refractivity contribution in [3.05, 3.63) is 30.3 Å². The van der Waals surface area contributed by atoms with Gasteiger partial charge in [0.2, 0.25) is 10.7 Å². The number of aliphatic carboxylic acids is 1. The van der Waals surface area contributed by atoms with E-state index in [9.17, 15) is 9.18 Å². The summed E-state index contributed by atoms with van der Waals surface area (Å²) < 4.78 is 14.3. The van der Waals surface area contributed by atoms with E-state index in [-0.39, 0.29) is 5.16 Å². The summed E-state index contributed by atoms with van der Waals surface area (Å²) in [7, 11) is 0. The van der Waals surface area contributed by atoms with Crippen molar-refractivity contribution in [2.75, 3.05) is 0 Å². The molecule has 88 valence electrons. The summed E-state index contributed by atoms with van der Waals surface area (Å²) in [4.78, 5) is 10.4. The molecule has 1 atom stereocenters. The van der Waals surface area contributed by atoms with Gasteiger partial charge in [-0.1, -0.05) is 18.2 Å². The van der Waals surface area contributed by atoms with E-state index < -0.39 is 11.5 Å². The zero-order valence-corrected chi connectivity index (χ0v) is 9.21. The van der Waals surface area contributed by atoms with E-state index in [1.165, 1.54) is 4.68 Å². The molecule has 0 saturated heterocycles. The van der Waals surface area contributed by atoms with Crippen LogP contribution in [0.2, 0.25) is 0 Å². The Balaban J connectivity index is 2.26. The maximum Gasteiger partial charge on any atom is 0.349 e. The lowest BCUT2D eigenvalue weighted by molar-refractivity contribution is -0.139. The molecule has 1 aromatic heterocycles. The number of alkyl halides is 1. The maximum absolute atomic E-state index is 13.0. The molecule has 8 heteroatoms. The number of rotatable bonds is 4. The van der Waals surface area contributed by atoms with Gasteiger partial charge in [0.05, 0.1) is 5.69 Å². The van der Waals surface area contributed by atoms with Gasteiger partial charge in [-0.15, -0.1) is 5.10 Å². The molecule has 1 aromatic carbocycles. The number of aromatic nitrogens is 4. The fourth-order valence-electron chi connectivity index (χ4n) is 1.13. The summed E-state index contributed by atoms with van der Waals surface area (Å²) in [6.45, 7) is 0. The van der Waals surface area contributed by atoms with Crippen LogP contribution in [0.25, 0.3) is 5.69 Å². The monoisotopic (exact) mass is 254 g/mol. The average molecular weight is 254 g/mol. The highest BCUT2D eigenvalue weighted by atomic mass is 32.2. The van der Waals surface area contributed by atoms with Crippen LogP contribution in [0.5, 0.6) is 0 Å². The minimum absolute atomic E-state index is 0.0890. The Bertz CT molecular complexity index is 519. The first-order valence-corrected chi connectivity index (χ1v) is 5.44. The number of thioether (sulfide) groups is 1. The highest BCUT2D eigenvalue weighted by Crippen LogP contribution is 2.23. The van der Waals surface area contributed by atoms with Crippen LogP contribution in [0.1, 0.15) is 0 Å². The minimum atomic E-state index is -2.09. The second kappa shape index (κ2) is 4.91. The van der Waals surface area contributed by atoms with Gasteiger partial charge in [0, 0.05) is 0 Å². The van der Waals surface area contributed by atoms with E-state index in [0.29, 0.717) is 17.4 Å². The molecular formula is C9H7FN4O2S. The number of nitrogens with zero attached hydrogens (tertiary/aromatic N) is 4. The topological polar surface area (TPSA) is 80.9 Å². The molecule has 0 spiro atoms. The smallest absolute Gasteiger partial charge is 0.349 e. The second-order valence-corrected chi connectivity index (χ2v) is 4.00. The largest absolute Gasteiger partial charge is 0.478 e. The Kier molecular flexibility index (Phi) is 3.33. The molecule has 1 unspecified atom stereocenters. The number of hydrogen-bond acceptors (Lipinski definition) is 5. The molecule has 17 heavy (non-hydrogen) atoms. The first kappa shape index (κ1) is 11.5. The van der Waals surface area contributed by atoms with Gasteiger partial charge in [-0.2, -0.15) is 4.68 Å². The summed E-state index contributed by atoms with van der Waals surface area (Å²) in [6, 6.07) is 8.82. The van der Waals surface area contributed by atoms with Crippen molar-refractivity contribution in [3.63, 3.8) is 0 Å². The van der Waals surface area contributed by atoms with E-state index in [2.05, 4.69) is 15.5 Å². The predicted molar refractivity (Wildman–Crippen MR) is 57.5 cm³/mol. The second-order valence-electron chi connectivity index (χ2n) is 2.98. The van der Waals surface area contributed by atoms with Crippen molar-refractivity contribution >= 4 is 17.7 Å². The molecule has 2 aromatic rings. The molecule has 1 N–H and O–H groups in total. The first-order chi connectivity index (χ1) is 8.18. The van der Waals surface area contributed by atoms with Crippen LogP contribution in [-0.2, 0) is 4.79 Å². The third kappa shape index (κ3) is 2.59. The van der Waals surface area contributed by atoms with Crippen molar-refractivity contribution in [1.29, 1.82) is 0 Å². The lowest BCUT2D eigenvalue weighted by Crippen LogP contribution is -2.11. The summed E-state index contributed by atoms with van der Waals surface area (Å²) in [5.41, 5.74) is -1.46. The summed E-state index contributed by atoms with van der Waals surface area (Å²) in [6.07, 6.45) is 0. The fraction of sp³-hybridized carbons (Fsp3) is 0.111. The van der Waals surface area contributed by atoms with Gasteiger partial charge >= 0.3 is 5.97 Å². The van der Waals surface area contributed by atoms with Gasteiger partial charge < -0.3 is 5.11 Å². The zero-order valence-electron chi connectivity index (χ0n) is 8.39. The lowest BCUT2D eigenvalue weighted by atomic mass is 10.3. The number of hydrogen-bond donors (Lipinski definition) is 1.